The molecule has 2 rings (SSSR count). The van der Waals surface area contributed by atoms with Crippen LogP contribution in [0.25, 0.3) is 0 Å². The van der Waals surface area contributed by atoms with Crippen molar-refractivity contribution >= 4 is 5.91 Å². The lowest BCUT2D eigenvalue weighted by Crippen LogP contribution is -2.47. The molecule has 1 aliphatic heterocycles. The van der Waals surface area contributed by atoms with Gasteiger partial charge < -0.3 is 10.6 Å². The molecule has 2 fully saturated rings. The van der Waals surface area contributed by atoms with Crippen LogP contribution in [0.4, 0.5) is 0 Å². The molecule has 116 valence electrons. The average molecular weight is 280 g/mol. The van der Waals surface area contributed by atoms with Crippen molar-refractivity contribution in [2.45, 2.75) is 65.2 Å². The van der Waals surface area contributed by atoms with Crippen LogP contribution in [0, 0.1) is 17.3 Å². The fraction of sp³-hybridized carbons (Fsp3) is 0.941. The van der Waals surface area contributed by atoms with Gasteiger partial charge in [-0.2, -0.15) is 0 Å². The molecular formula is C17H32N2O. The highest BCUT2D eigenvalue weighted by Crippen LogP contribution is 2.32. The third kappa shape index (κ3) is 4.21. The molecule has 1 amide bonds. The second kappa shape index (κ2) is 7.44. The quantitative estimate of drug-likeness (QED) is 0.734. The summed E-state index contributed by atoms with van der Waals surface area (Å²) in [6, 6.07) is 0. The van der Waals surface area contributed by atoms with E-state index in [-0.39, 0.29) is 11.3 Å². The molecule has 0 bridgehead atoms. The zero-order chi connectivity index (χ0) is 14.4. The summed E-state index contributed by atoms with van der Waals surface area (Å²) in [4.78, 5) is 12.4. The molecule has 3 nitrogen and oxygen atoms in total. The van der Waals surface area contributed by atoms with Crippen molar-refractivity contribution in [2.24, 2.45) is 17.3 Å². The number of hydrogen-bond acceptors (Lipinski definition) is 2. The molecule has 0 aromatic rings. The van der Waals surface area contributed by atoms with Crippen molar-refractivity contribution in [3.05, 3.63) is 0 Å². The highest BCUT2D eigenvalue weighted by molar-refractivity contribution is 5.82. The van der Waals surface area contributed by atoms with E-state index in [1.807, 2.05) is 0 Å². The van der Waals surface area contributed by atoms with Gasteiger partial charge in [0, 0.05) is 12.0 Å². The van der Waals surface area contributed by atoms with Crippen LogP contribution in [0.5, 0.6) is 0 Å². The topological polar surface area (TPSA) is 41.1 Å². The Hall–Kier alpha value is -0.570. The Morgan fingerprint density at radius 2 is 1.95 bits per heavy atom. The molecule has 1 aliphatic carbocycles. The second-order valence-electron chi connectivity index (χ2n) is 7.31. The first kappa shape index (κ1) is 15.8. The minimum atomic E-state index is -0.235. The van der Waals surface area contributed by atoms with Crippen LogP contribution >= 0.6 is 0 Å². The van der Waals surface area contributed by atoms with E-state index in [0.29, 0.717) is 5.92 Å². The van der Waals surface area contributed by atoms with Crippen molar-refractivity contribution in [3.63, 3.8) is 0 Å². The lowest BCUT2D eigenvalue weighted by atomic mass is 9.74. The van der Waals surface area contributed by atoms with E-state index in [1.54, 1.807) is 0 Å². The van der Waals surface area contributed by atoms with Gasteiger partial charge in [0.05, 0.1) is 0 Å². The molecule has 20 heavy (non-hydrogen) atoms. The molecule has 2 aliphatic rings. The largest absolute Gasteiger partial charge is 0.356 e. The summed E-state index contributed by atoms with van der Waals surface area (Å²) in [5, 5.41) is 6.60. The Balaban J connectivity index is 1.66. The van der Waals surface area contributed by atoms with E-state index in [2.05, 4.69) is 24.5 Å². The van der Waals surface area contributed by atoms with E-state index in [0.717, 1.165) is 32.0 Å². The molecule has 1 unspecified atom stereocenters. The van der Waals surface area contributed by atoms with Gasteiger partial charge >= 0.3 is 0 Å². The number of hydrogen-bond donors (Lipinski definition) is 2. The minimum Gasteiger partial charge on any atom is -0.356 e. The first-order chi connectivity index (χ1) is 9.60. The van der Waals surface area contributed by atoms with Crippen molar-refractivity contribution in [2.75, 3.05) is 19.6 Å². The molecule has 0 aromatic carbocycles. The van der Waals surface area contributed by atoms with Gasteiger partial charge in [0.1, 0.15) is 0 Å². The van der Waals surface area contributed by atoms with E-state index >= 15 is 0 Å². The molecule has 0 radical (unpaired) electrons. The number of nitrogens with one attached hydrogen (secondary N) is 2. The smallest absolute Gasteiger partial charge is 0.225 e. The lowest BCUT2D eigenvalue weighted by molar-refractivity contribution is -0.132. The zero-order valence-electron chi connectivity index (χ0n) is 13.3. The van der Waals surface area contributed by atoms with Crippen LogP contribution < -0.4 is 10.6 Å². The first-order valence-electron chi connectivity index (χ1n) is 8.59. The summed E-state index contributed by atoms with van der Waals surface area (Å²) in [5.74, 6) is 1.66. The van der Waals surface area contributed by atoms with E-state index in [9.17, 15) is 4.79 Å². The van der Waals surface area contributed by atoms with Crippen LogP contribution in [0.1, 0.15) is 65.2 Å². The number of rotatable bonds is 6. The van der Waals surface area contributed by atoms with Crippen LogP contribution in [0.3, 0.4) is 0 Å². The summed E-state index contributed by atoms with van der Waals surface area (Å²) in [6.07, 6.45) is 10.5. The maximum atomic E-state index is 12.4. The molecule has 2 N–H and O–H groups in total. The molecule has 0 spiro atoms. The van der Waals surface area contributed by atoms with Gasteiger partial charge in [0.2, 0.25) is 5.91 Å². The fourth-order valence-corrected chi connectivity index (χ4v) is 3.77. The van der Waals surface area contributed by atoms with Crippen LogP contribution in [-0.4, -0.2) is 25.5 Å². The number of carbonyl (C=O) groups is 1. The van der Waals surface area contributed by atoms with Gasteiger partial charge in [0.15, 0.2) is 0 Å². The lowest BCUT2D eigenvalue weighted by Gasteiger charge is -2.36. The standard InChI is InChI=1S/C17H32N2O/c1-17(2,15-10-6-11-18-13-15)16(20)19-12-5-9-14-7-3-4-8-14/h14-15,18H,3-13H2,1-2H3,(H,19,20). The van der Waals surface area contributed by atoms with Crippen LogP contribution in [0.15, 0.2) is 0 Å². The number of carbonyl (C=O) groups excluding carboxylic acids is 1. The summed E-state index contributed by atoms with van der Waals surface area (Å²) >= 11 is 0. The maximum absolute atomic E-state index is 12.4. The Kier molecular flexibility index (Phi) is 5.88. The predicted octanol–water partition coefficient (Wildman–Crippen LogP) is 3.10. The van der Waals surface area contributed by atoms with Crippen LogP contribution in [-0.2, 0) is 4.79 Å². The fourth-order valence-electron chi connectivity index (χ4n) is 3.77. The van der Waals surface area contributed by atoms with Crippen LogP contribution in [0.2, 0.25) is 0 Å². The molecule has 1 saturated heterocycles. The highest BCUT2D eigenvalue weighted by atomic mass is 16.2. The number of piperidine rings is 1. The third-order valence-electron chi connectivity index (χ3n) is 5.45. The Morgan fingerprint density at radius 3 is 2.60 bits per heavy atom. The average Bonchev–Trinajstić information content (AvgIpc) is 2.97. The molecule has 0 aromatic heterocycles. The summed E-state index contributed by atoms with van der Waals surface area (Å²) in [5.41, 5.74) is -0.235. The molecule has 1 atom stereocenters. The Bertz CT molecular complexity index is 302. The predicted molar refractivity (Wildman–Crippen MR) is 83.6 cm³/mol. The van der Waals surface area contributed by atoms with Crippen molar-refractivity contribution in [1.82, 2.24) is 10.6 Å². The zero-order valence-corrected chi connectivity index (χ0v) is 13.3. The molecule has 3 heteroatoms. The Labute approximate surface area is 124 Å². The first-order valence-corrected chi connectivity index (χ1v) is 8.59. The second-order valence-corrected chi connectivity index (χ2v) is 7.31. The summed E-state index contributed by atoms with van der Waals surface area (Å²) < 4.78 is 0. The van der Waals surface area contributed by atoms with Gasteiger partial charge in [-0.1, -0.05) is 39.5 Å². The van der Waals surface area contributed by atoms with Crippen molar-refractivity contribution in [1.29, 1.82) is 0 Å². The van der Waals surface area contributed by atoms with Gasteiger partial charge in [-0.25, -0.2) is 0 Å². The Morgan fingerprint density at radius 1 is 1.20 bits per heavy atom. The molecule has 1 saturated carbocycles. The highest BCUT2D eigenvalue weighted by Gasteiger charge is 2.36. The third-order valence-corrected chi connectivity index (χ3v) is 5.45. The van der Waals surface area contributed by atoms with Gasteiger partial charge in [-0.15, -0.1) is 0 Å². The minimum absolute atomic E-state index is 0.235. The molecule has 1 heterocycles. The number of amides is 1. The summed E-state index contributed by atoms with van der Waals surface area (Å²) in [6.45, 7) is 7.17. The van der Waals surface area contributed by atoms with Gasteiger partial charge in [0.25, 0.3) is 0 Å². The molecular weight excluding hydrogens is 248 g/mol. The van der Waals surface area contributed by atoms with Gasteiger partial charge in [-0.05, 0) is 50.6 Å². The van der Waals surface area contributed by atoms with Gasteiger partial charge in [-0.3, -0.25) is 4.79 Å². The van der Waals surface area contributed by atoms with E-state index in [1.165, 1.54) is 44.9 Å². The van der Waals surface area contributed by atoms with E-state index < -0.39 is 0 Å². The normalized spacial score (nSPS) is 24.8. The SMILES string of the molecule is CC(C)(C(=O)NCCCC1CCCC1)C1CCCNC1. The maximum Gasteiger partial charge on any atom is 0.225 e. The summed E-state index contributed by atoms with van der Waals surface area (Å²) in [7, 11) is 0. The monoisotopic (exact) mass is 280 g/mol. The van der Waals surface area contributed by atoms with E-state index in [4.69, 9.17) is 0 Å². The van der Waals surface area contributed by atoms with Crippen molar-refractivity contribution < 1.29 is 4.79 Å². The van der Waals surface area contributed by atoms with Crippen molar-refractivity contribution in [3.8, 4) is 0 Å².